The summed E-state index contributed by atoms with van der Waals surface area (Å²) in [5, 5.41) is 0. The third-order valence-corrected chi connectivity index (χ3v) is 3.44. The van der Waals surface area contributed by atoms with E-state index in [0.29, 0.717) is 25.5 Å². The molecule has 1 saturated heterocycles. The monoisotopic (exact) mass is 302 g/mol. The van der Waals surface area contributed by atoms with Crippen LogP contribution in [0.15, 0.2) is 18.3 Å². The molecule has 1 aromatic rings. The number of halogens is 3. The molecule has 1 aliphatic heterocycles. The van der Waals surface area contributed by atoms with E-state index < -0.39 is 11.7 Å². The molecule has 21 heavy (non-hydrogen) atoms. The van der Waals surface area contributed by atoms with Gasteiger partial charge in [0.2, 0.25) is 0 Å². The van der Waals surface area contributed by atoms with Crippen LogP contribution in [0.1, 0.15) is 25.3 Å². The van der Waals surface area contributed by atoms with Crippen molar-refractivity contribution in [3.63, 3.8) is 0 Å². The Morgan fingerprint density at radius 1 is 1.48 bits per heavy atom. The number of ether oxygens (including phenoxy) is 1. The van der Waals surface area contributed by atoms with E-state index in [1.807, 2.05) is 4.90 Å². The molecule has 7 heteroatoms. The van der Waals surface area contributed by atoms with Crippen molar-refractivity contribution in [3.05, 3.63) is 23.9 Å². The topological polar surface area (TPSA) is 42.4 Å². The molecule has 0 amide bonds. The maximum absolute atomic E-state index is 12.5. The lowest BCUT2D eigenvalue weighted by molar-refractivity contribution is -0.148. The number of nitrogens with zero attached hydrogens (tertiary/aromatic N) is 2. The molecular formula is C14H17F3N2O2. The lowest BCUT2D eigenvalue weighted by atomic mass is 9.98. The van der Waals surface area contributed by atoms with Crippen LogP contribution in [0.4, 0.5) is 19.0 Å². The van der Waals surface area contributed by atoms with E-state index in [9.17, 15) is 18.0 Å². The van der Waals surface area contributed by atoms with Gasteiger partial charge in [-0.05, 0) is 31.9 Å². The highest BCUT2D eigenvalue weighted by Crippen LogP contribution is 2.30. The molecule has 1 unspecified atom stereocenters. The first-order valence-corrected chi connectivity index (χ1v) is 6.86. The molecular weight excluding hydrogens is 285 g/mol. The number of anilines is 1. The zero-order valence-electron chi connectivity index (χ0n) is 11.7. The van der Waals surface area contributed by atoms with E-state index in [-0.39, 0.29) is 11.9 Å². The van der Waals surface area contributed by atoms with Crippen molar-refractivity contribution in [1.82, 2.24) is 4.98 Å². The Kier molecular flexibility index (Phi) is 4.69. The summed E-state index contributed by atoms with van der Waals surface area (Å²) in [7, 11) is 0. The Bertz CT molecular complexity index is 488. The largest absolute Gasteiger partial charge is 0.466 e. The highest BCUT2D eigenvalue weighted by atomic mass is 19.4. The van der Waals surface area contributed by atoms with Gasteiger partial charge in [0.25, 0.3) is 0 Å². The number of aromatic nitrogens is 1. The van der Waals surface area contributed by atoms with Crippen molar-refractivity contribution >= 4 is 11.8 Å². The fourth-order valence-corrected chi connectivity index (χ4v) is 2.38. The predicted octanol–water partition coefficient (Wildman–Crippen LogP) is 2.88. The molecule has 0 spiro atoms. The second kappa shape index (κ2) is 6.32. The van der Waals surface area contributed by atoms with Crippen LogP contribution >= 0.6 is 0 Å². The molecule has 1 aromatic heterocycles. The van der Waals surface area contributed by atoms with Gasteiger partial charge in [-0.25, -0.2) is 4.98 Å². The summed E-state index contributed by atoms with van der Waals surface area (Å²) in [4.78, 5) is 17.4. The molecule has 4 nitrogen and oxygen atoms in total. The van der Waals surface area contributed by atoms with E-state index in [1.165, 1.54) is 6.07 Å². The Hall–Kier alpha value is -1.79. The molecule has 2 heterocycles. The molecule has 1 atom stereocenters. The minimum Gasteiger partial charge on any atom is -0.466 e. The first-order valence-electron chi connectivity index (χ1n) is 6.86. The Labute approximate surface area is 120 Å². The summed E-state index contributed by atoms with van der Waals surface area (Å²) < 4.78 is 42.5. The van der Waals surface area contributed by atoms with Crippen molar-refractivity contribution in [1.29, 1.82) is 0 Å². The molecule has 116 valence electrons. The van der Waals surface area contributed by atoms with Crippen LogP contribution in [-0.2, 0) is 15.7 Å². The number of esters is 1. The van der Waals surface area contributed by atoms with Gasteiger partial charge in [0.15, 0.2) is 0 Å². The van der Waals surface area contributed by atoms with Crippen molar-refractivity contribution < 1.29 is 22.7 Å². The van der Waals surface area contributed by atoms with Gasteiger partial charge in [-0.1, -0.05) is 0 Å². The molecule has 0 aromatic carbocycles. The lowest BCUT2D eigenvalue weighted by Crippen LogP contribution is -2.39. The molecule has 1 aliphatic rings. The molecule has 1 fully saturated rings. The van der Waals surface area contributed by atoms with Crippen molar-refractivity contribution in [2.75, 3.05) is 24.6 Å². The van der Waals surface area contributed by atoms with E-state index in [0.717, 1.165) is 25.1 Å². The first-order chi connectivity index (χ1) is 9.91. The van der Waals surface area contributed by atoms with Crippen LogP contribution in [-0.4, -0.2) is 30.6 Å². The first kappa shape index (κ1) is 15.6. The summed E-state index contributed by atoms with van der Waals surface area (Å²) >= 11 is 0. The van der Waals surface area contributed by atoms with Crippen LogP contribution in [0.3, 0.4) is 0 Å². The van der Waals surface area contributed by atoms with E-state index in [4.69, 9.17) is 4.74 Å². The smallest absolute Gasteiger partial charge is 0.417 e. The highest BCUT2D eigenvalue weighted by molar-refractivity contribution is 5.73. The van der Waals surface area contributed by atoms with Gasteiger partial charge in [0.05, 0.1) is 18.1 Å². The van der Waals surface area contributed by atoms with Gasteiger partial charge in [0.1, 0.15) is 5.82 Å². The number of piperidine rings is 1. The predicted molar refractivity (Wildman–Crippen MR) is 70.8 cm³/mol. The number of carbonyl (C=O) groups excluding carboxylic acids is 1. The molecule has 0 N–H and O–H groups in total. The van der Waals surface area contributed by atoms with Gasteiger partial charge < -0.3 is 9.64 Å². The second-order valence-electron chi connectivity index (χ2n) is 4.94. The summed E-state index contributed by atoms with van der Waals surface area (Å²) in [5.41, 5.74) is -0.773. The maximum atomic E-state index is 12.5. The number of pyridine rings is 1. The molecule has 0 bridgehead atoms. The third-order valence-electron chi connectivity index (χ3n) is 3.44. The van der Waals surface area contributed by atoms with Crippen LogP contribution in [0, 0.1) is 5.92 Å². The fourth-order valence-electron chi connectivity index (χ4n) is 2.38. The van der Waals surface area contributed by atoms with Crippen molar-refractivity contribution in [2.45, 2.75) is 25.9 Å². The van der Waals surface area contributed by atoms with Gasteiger partial charge in [-0.15, -0.1) is 0 Å². The quantitative estimate of drug-likeness (QED) is 0.805. The molecule has 0 aliphatic carbocycles. The van der Waals surface area contributed by atoms with Crippen LogP contribution in [0.2, 0.25) is 0 Å². The highest BCUT2D eigenvalue weighted by Gasteiger charge is 2.32. The number of rotatable bonds is 3. The zero-order valence-corrected chi connectivity index (χ0v) is 11.7. The SMILES string of the molecule is CCOC(=O)C1CCCN(c2ccc(C(F)(F)F)cn2)C1. The summed E-state index contributed by atoms with van der Waals surface area (Å²) in [5.74, 6) is -0.0473. The number of carbonyl (C=O) groups is 1. The maximum Gasteiger partial charge on any atom is 0.417 e. The normalized spacial score (nSPS) is 19.4. The summed E-state index contributed by atoms with van der Waals surface area (Å²) in [6.45, 7) is 3.18. The lowest BCUT2D eigenvalue weighted by Gasteiger charge is -2.32. The number of hydrogen-bond donors (Lipinski definition) is 0. The van der Waals surface area contributed by atoms with E-state index in [1.54, 1.807) is 6.92 Å². The van der Waals surface area contributed by atoms with Crippen molar-refractivity contribution in [3.8, 4) is 0 Å². The Balaban J connectivity index is 2.06. The average Bonchev–Trinajstić information content (AvgIpc) is 2.47. The molecule has 0 radical (unpaired) electrons. The standard InChI is InChI=1S/C14H17F3N2O2/c1-2-21-13(20)10-4-3-7-19(9-10)12-6-5-11(8-18-12)14(15,16)17/h5-6,8,10H,2-4,7,9H2,1H3. The molecule has 2 rings (SSSR count). The van der Waals surface area contributed by atoms with Crippen LogP contribution in [0.5, 0.6) is 0 Å². The number of hydrogen-bond acceptors (Lipinski definition) is 4. The van der Waals surface area contributed by atoms with Gasteiger partial charge in [0, 0.05) is 19.3 Å². The number of alkyl halides is 3. The summed E-state index contributed by atoms with van der Waals surface area (Å²) in [6.07, 6.45) is -2.05. The second-order valence-corrected chi connectivity index (χ2v) is 4.94. The van der Waals surface area contributed by atoms with E-state index in [2.05, 4.69) is 4.98 Å². The third kappa shape index (κ3) is 3.86. The van der Waals surface area contributed by atoms with Gasteiger partial charge in [-0.2, -0.15) is 13.2 Å². The Morgan fingerprint density at radius 2 is 2.24 bits per heavy atom. The van der Waals surface area contributed by atoms with Crippen LogP contribution in [0.25, 0.3) is 0 Å². The minimum absolute atomic E-state index is 0.247. The van der Waals surface area contributed by atoms with Gasteiger partial charge in [-0.3, -0.25) is 4.79 Å². The fraction of sp³-hybridized carbons (Fsp3) is 0.571. The van der Waals surface area contributed by atoms with Gasteiger partial charge >= 0.3 is 12.1 Å². The minimum atomic E-state index is -4.39. The van der Waals surface area contributed by atoms with Crippen LogP contribution < -0.4 is 4.90 Å². The van der Waals surface area contributed by atoms with E-state index >= 15 is 0 Å². The molecule has 0 saturated carbocycles. The zero-order chi connectivity index (χ0) is 15.5. The Morgan fingerprint density at radius 3 is 2.81 bits per heavy atom. The summed E-state index contributed by atoms with van der Waals surface area (Å²) in [6, 6.07) is 2.35. The average molecular weight is 302 g/mol. The van der Waals surface area contributed by atoms with Crippen molar-refractivity contribution in [2.24, 2.45) is 5.92 Å².